The van der Waals surface area contributed by atoms with Gasteiger partial charge in [0, 0.05) is 18.1 Å². The van der Waals surface area contributed by atoms with Gasteiger partial charge in [-0.25, -0.2) is 0 Å². The SMILES string of the molecule is CCC(=O)c1ccc(Oc2cccc(OC)c2)cc1. The van der Waals surface area contributed by atoms with Crippen molar-refractivity contribution in [3.05, 3.63) is 54.1 Å². The van der Waals surface area contributed by atoms with Crippen LogP contribution >= 0.6 is 0 Å². The second kappa shape index (κ2) is 6.05. The number of benzene rings is 2. The van der Waals surface area contributed by atoms with Crippen LogP contribution in [0, 0.1) is 0 Å². The van der Waals surface area contributed by atoms with Crippen LogP contribution in [0.1, 0.15) is 23.7 Å². The second-order valence-corrected chi connectivity index (χ2v) is 4.08. The van der Waals surface area contributed by atoms with E-state index in [4.69, 9.17) is 9.47 Å². The van der Waals surface area contributed by atoms with Crippen molar-refractivity contribution in [2.75, 3.05) is 7.11 Å². The molecule has 0 radical (unpaired) electrons. The maximum Gasteiger partial charge on any atom is 0.162 e. The first kappa shape index (κ1) is 13.1. The summed E-state index contributed by atoms with van der Waals surface area (Å²) in [5.74, 6) is 2.28. The molecular weight excluding hydrogens is 240 g/mol. The average molecular weight is 256 g/mol. The highest BCUT2D eigenvalue weighted by molar-refractivity contribution is 5.95. The molecule has 0 saturated carbocycles. The molecule has 2 aromatic carbocycles. The average Bonchev–Trinajstić information content (AvgIpc) is 2.47. The Balaban J connectivity index is 2.12. The van der Waals surface area contributed by atoms with Crippen molar-refractivity contribution in [2.24, 2.45) is 0 Å². The predicted octanol–water partition coefficient (Wildman–Crippen LogP) is 4.08. The summed E-state index contributed by atoms with van der Waals surface area (Å²) < 4.78 is 10.8. The summed E-state index contributed by atoms with van der Waals surface area (Å²) in [6.07, 6.45) is 0.510. The van der Waals surface area contributed by atoms with E-state index >= 15 is 0 Å². The number of carbonyl (C=O) groups excluding carboxylic acids is 1. The van der Waals surface area contributed by atoms with Crippen LogP contribution in [-0.2, 0) is 0 Å². The molecule has 3 heteroatoms. The zero-order chi connectivity index (χ0) is 13.7. The van der Waals surface area contributed by atoms with Gasteiger partial charge >= 0.3 is 0 Å². The van der Waals surface area contributed by atoms with E-state index in [-0.39, 0.29) is 5.78 Å². The highest BCUT2D eigenvalue weighted by atomic mass is 16.5. The Morgan fingerprint density at radius 2 is 1.68 bits per heavy atom. The lowest BCUT2D eigenvalue weighted by Gasteiger charge is -2.07. The Labute approximate surface area is 112 Å². The molecule has 0 unspecified atom stereocenters. The van der Waals surface area contributed by atoms with Crippen molar-refractivity contribution < 1.29 is 14.3 Å². The molecule has 0 aliphatic rings. The molecule has 0 saturated heterocycles. The zero-order valence-electron chi connectivity index (χ0n) is 11.1. The third-order valence-electron chi connectivity index (χ3n) is 2.77. The Kier molecular flexibility index (Phi) is 4.18. The van der Waals surface area contributed by atoms with Crippen LogP contribution < -0.4 is 9.47 Å². The number of methoxy groups -OCH3 is 1. The minimum atomic E-state index is 0.132. The Morgan fingerprint density at radius 1 is 1.00 bits per heavy atom. The van der Waals surface area contributed by atoms with Crippen LogP contribution in [0.5, 0.6) is 17.2 Å². The number of carbonyl (C=O) groups is 1. The molecule has 0 bridgehead atoms. The van der Waals surface area contributed by atoms with Gasteiger partial charge in [0.2, 0.25) is 0 Å². The van der Waals surface area contributed by atoms with Crippen LogP contribution in [0.3, 0.4) is 0 Å². The van der Waals surface area contributed by atoms with E-state index in [0.717, 1.165) is 5.75 Å². The monoisotopic (exact) mass is 256 g/mol. The Bertz CT molecular complexity index is 558. The Hall–Kier alpha value is -2.29. The van der Waals surface area contributed by atoms with Crippen LogP contribution in [0.15, 0.2) is 48.5 Å². The maximum absolute atomic E-state index is 11.5. The standard InChI is InChI=1S/C16H16O3/c1-3-16(17)12-7-9-13(10-8-12)19-15-6-4-5-14(11-15)18-2/h4-11H,3H2,1-2H3. The van der Waals surface area contributed by atoms with Gasteiger partial charge in [-0.2, -0.15) is 0 Å². The number of Topliss-reactive ketones (excluding diaryl/α,β-unsaturated/α-hetero) is 1. The molecule has 98 valence electrons. The Morgan fingerprint density at radius 3 is 2.32 bits per heavy atom. The maximum atomic E-state index is 11.5. The molecule has 0 fully saturated rings. The molecule has 0 atom stereocenters. The van der Waals surface area contributed by atoms with Crippen LogP contribution in [0.4, 0.5) is 0 Å². The fourth-order valence-electron chi connectivity index (χ4n) is 1.71. The minimum Gasteiger partial charge on any atom is -0.497 e. The number of ether oxygens (including phenoxy) is 2. The molecule has 2 aromatic rings. The highest BCUT2D eigenvalue weighted by Crippen LogP contribution is 2.25. The summed E-state index contributed by atoms with van der Waals surface area (Å²) in [5, 5.41) is 0. The largest absolute Gasteiger partial charge is 0.497 e. The first-order valence-electron chi connectivity index (χ1n) is 6.18. The number of hydrogen-bond donors (Lipinski definition) is 0. The van der Waals surface area contributed by atoms with Crippen molar-refractivity contribution in [3.63, 3.8) is 0 Å². The molecule has 0 amide bonds. The summed E-state index contributed by atoms with van der Waals surface area (Å²) in [5.41, 5.74) is 0.709. The summed E-state index contributed by atoms with van der Waals surface area (Å²) in [6.45, 7) is 1.85. The van der Waals surface area contributed by atoms with E-state index in [1.165, 1.54) is 0 Å². The van der Waals surface area contributed by atoms with Gasteiger partial charge in [-0.3, -0.25) is 4.79 Å². The lowest BCUT2D eigenvalue weighted by Crippen LogP contribution is -1.95. The van der Waals surface area contributed by atoms with Crippen molar-refractivity contribution in [1.82, 2.24) is 0 Å². The fraction of sp³-hybridized carbons (Fsp3) is 0.188. The van der Waals surface area contributed by atoms with Crippen molar-refractivity contribution in [2.45, 2.75) is 13.3 Å². The number of rotatable bonds is 5. The first-order valence-corrected chi connectivity index (χ1v) is 6.18. The number of ketones is 1. The molecular formula is C16H16O3. The molecule has 3 nitrogen and oxygen atoms in total. The smallest absolute Gasteiger partial charge is 0.162 e. The molecule has 19 heavy (non-hydrogen) atoms. The van der Waals surface area contributed by atoms with Gasteiger partial charge in [-0.15, -0.1) is 0 Å². The van der Waals surface area contributed by atoms with E-state index in [0.29, 0.717) is 23.5 Å². The van der Waals surface area contributed by atoms with Crippen molar-refractivity contribution in [1.29, 1.82) is 0 Å². The summed E-state index contributed by atoms with van der Waals surface area (Å²) in [7, 11) is 1.62. The van der Waals surface area contributed by atoms with Gasteiger partial charge in [-0.1, -0.05) is 13.0 Å². The summed E-state index contributed by atoms with van der Waals surface area (Å²) in [6, 6.07) is 14.5. The van der Waals surface area contributed by atoms with Gasteiger partial charge in [0.1, 0.15) is 17.2 Å². The molecule has 0 aromatic heterocycles. The van der Waals surface area contributed by atoms with Gasteiger partial charge in [0.15, 0.2) is 5.78 Å². The molecule has 0 aliphatic carbocycles. The quantitative estimate of drug-likeness (QED) is 0.756. The van der Waals surface area contributed by atoms with Gasteiger partial charge in [0.25, 0.3) is 0 Å². The van der Waals surface area contributed by atoms with Crippen LogP contribution in [0.25, 0.3) is 0 Å². The predicted molar refractivity (Wildman–Crippen MR) is 74.1 cm³/mol. The van der Waals surface area contributed by atoms with Gasteiger partial charge in [-0.05, 0) is 36.4 Å². The van der Waals surface area contributed by atoms with E-state index in [1.54, 1.807) is 31.4 Å². The van der Waals surface area contributed by atoms with Crippen molar-refractivity contribution in [3.8, 4) is 17.2 Å². The molecule has 0 spiro atoms. The fourth-order valence-corrected chi connectivity index (χ4v) is 1.71. The van der Waals surface area contributed by atoms with E-state index < -0.39 is 0 Å². The topological polar surface area (TPSA) is 35.5 Å². The lowest BCUT2D eigenvalue weighted by atomic mass is 10.1. The third kappa shape index (κ3) is 3.35. The third-order valence-corrected chi connectivity index (χ3v) is 2.77. The van der Waals surface area contributed by atoms with Gasteiger partial charge in [0.05, 0.1) is 7.11 Å². The molecule has 2 rings (SSSR count). The summed E-state index contributed by atoms with van der Waals surface area (Å²) >= 11 is 0. The van der Waals surface area contributed by atoms with E-state index in [1.807, 2.05) is 31.2 Å². The molecule has 0 N–H and O–H groups in total. The van der Waals surface area contributed by atoms with Gasteiger partial charge < -0.3 is 9.47 Å². The van der Waals surface area contributed by atoms with Crippen LogP contribution in [0.2, 0.25) is 0 Å². The molecule has 0 aliphatic heterocycles. The summed E-state index contributed by atoms with van der Waals surface area (Å²) in [4.78, 5) is 11.5. The highest BCUT2D eigenvalue weighted by Gasteiger charge is 2.04. The van der Waals surface area contributed by atoms with E-state index in [9.17, 15) is 4.79 Å². The molecule has 0 heterocycles. The van der Waals surface area contributed by atoms with Crippen molar-refractivity contribution >= 4 is 5.78 Å². The lowest BCUT2D eigenvalue weighted by molar-refractivity contribution is 0.0988. The zero-order valence-corrected chi connectivity index (χ0v) is 11.1. The normalized spacial score (nSPS) is 10.0. The van der Waals surface area contributed by atoms with Crippen LogP contribution in [-0.4, -0.2) is 12.9 Å². The first-order chi connectivity index (χ1) is 9.22. The number of hydrogen-bond acceptors (Lipinski definition) is 3. The minimum absolute atomic E-state index is 0.132. The van der Waals surface area contributed by atoms with E-state index in [2.05, 4.69) is 0 Å². The second-order valence-electron chi connectivity index (χ2n) is 4.08.